The SMILES string of the molecule is COc1ccc(S(=O)(=O)N2CCCCC2CC(=O)Nc2ccccc2C)cc1. The number of piperidine rings is 1. The van der Waals surface area contributed by atoms with Gasteiger partial charge in [0.15, 0.2) is 0 Å². The molecule has 1 heterocycles. The van der Waals surface area contributed by atoms with Crippen LogP contribution in [-0.4, -0.2) is 38.3 Å². The van der Waals surface area contributed by atoms with E-state index in [0.717, 1.165) is 24.1 Å². The number of carbonyl (C=O) groups is 1. The van der Waals surface area contributed by atoms with E-state index in [9.17, 15) is 13.2 Å². The number of aryl methyl sites for hydroxylation is 1. The summed E-state index contributed by atoms with van der Waals surface area (Å²) >= 11 is 0. The third kappa shape index (κ3) is 4.54. The summed E-state index contributed by atoms with van der Waals surface area (Å²) in [6, 6.07) is 13.6. The molecule has 150 valence electrons. The number of anilines is 1. The first-order chi connectivity index (χ1) is 13.4. The lowest BCUT2D eigenvalue weighted by atomic mass is 10.0. The molecule has 1 amide bonds. The number of nitrogens with zero attached hydrogens (tertiary/aromatic N) is 1. The van der Waals surface area contributed by atoms with E-state index in [1.54, 1.807) is 24.3 Å². The lowest BCUT2D eigenvalue weighted by Crippen LogP contribution is -2.45. The maximum absolute atomic E-state index is 13.1. The van der Waals surface area contributed by atoms with Crippen LogP contribution < -0.4 is 10.1 Å². The smallest absolute Gasteiger partial charge is 0.243 e. The number of ether oxygens (including phenoxy) is 1. The summed E-state index contributed by atoms with van der Waals surface area (Å²) in [4.78, 5) is 12.8. The Balaban J connectivity index is 1.75. The van der Waals surface area contributed by atoms with Gasteiger partial charge in [-0.1, -0.05) is 24.6 Å². The molecule has 2 aromatic carbocycles. The Kier molecular flexibility index (Phi) is 6.36. The van der Waals surface area contributed by atoms with E-state index in [2.05, 4.69) is 5.32 Å². The second-order valence-corrected chi connectivity index (χ2v) is 8.90. The van der Waals surface area contributed by atoms with Crippen LogP contribution in [0.2, 0.25) is 0 Å². The summed E-state index contributed by atoms with van der Waals surface area (Å²) in [6.45, 7) is 2.35. The van der Waals surface area contributed by atoms with Crippen LogP contribution in [-0.2, 0) is 14.8 Å². The molecule has 28 heavy (non-hydrogen) atoms. The van der Waals surface area contributed by atoms with E-state index in [4.69, 9.17) is 4.74 Å². The Morgan fingerprint density at radius 3 is 2.54 bits per heavy atom. The number of benzene rings is 2. The zero-order valence-electron chi connectivity index (χ0n) is 16.2. The van der Waals surface area contributed by atoms with E-state index in [-0.39, 0.29) is 23.3 Å². The lowest BCUT2D eigenvalue weighted by molar-refractivity contribution is -0.117. The molecule has 0 bridgehead atoms. The molecular formula is C21H26N2O4S. The molecular weight excluding hydrogens is 376 g/mol. The summed E-state index contributed by atoms with van der Waals surface area (Å²) in [7, 11) is -2.13. The van der Waals surface area contributed by atoms with Crippen LogP contribution in [0.25, 0.3) is 0 Å². The van der Waals surface area contributed by atoms with Gasteiger partial charge in [-0.3, -0.25) is 4.79 Å². The normalized spacial score (nSPS) is 17.9. The fourth-order valence-corrected chi connectivity index (χ4v) is 5.20. The zero-order valence-corrected chi connectivity index (χ0v) is 17.0. The van der Waals surface area contributed by atoms with Crippen LogP contribution in [0.1, 0.15) is 31.2 Å². The molecule has 6 nitrogen and oxygen atoms in total. The molecule has 0 aromatic heterocycles. The van der Waals surface area contributed by atoms with Crippen molar-refractivity contribution in [2.75, 3.05) is 19.0 Å². The van der Waals surface area contributed by atoms with E-state index in [1.165, 1.54) is 11.4 Å². The van der Waals surface area contributed by atoms with Crippen LogP contribution in [0.15, 0.2) is 53.4 Å². The van der Waals surface area contributed by atoms with Crippen molar-refractivity contribution in [1.82, 2.24) is 4.31 Å². The number of sulfonamides is 1. The molecule has 7 heteroatoms. The number of rotatable bonds is 6. The standard InChI is InChI=1S/C21H26N2O4S/c1-16-7-3-4-9-20(16)22-21(24)15-17-8-5-6-14-23(17)28(25,26)19-12-10-18(27-2)11-13-19/h3-4,7,9-13,17H,5-6,8,14-15H2,1-2H3,(H,22,24). The minimum atomic E-state index is -3.67. The maximum atomic E-state index is 13.1. The second kappa shape index (κ2) is 8.75. The summed E-state index contributed by atoms with van der Waals surface area (Å²) in [5.74, 6) is 0.433. The van der Waals surface area contributed by atoms with Crippen molar-refractivity contribution in [3.63, 3.8) is 0 Å². The van der Waals surface area contributed by atoms with Gasteiger partial charge in [0, 0.05) is 24.7 Å². The van der Waals surface area contributed by atoms with Crippen LogP contribution in [0.3, 0.4) is 0 Å². The Morgan fingerprint density at radius 2 is 1.86 bits per heavy atom. The number of methoxy groups -OCH3 is 1. The average molecular weight is 403 g/mol. The Morgan fingerprint density at radius 1 is 1.14 bits per heavy atom. The van der Waals surface area contributed by atoms with E-state index in [1.807, 2.05) is 31.2 Å². The predicted molar refractivity (Wildman–Crippen MR) is 109 cm³/mol. The summed E-state index contributed by atoms with van der Waals surface area (Å²) < 4.78 is 32.9. The topological polar surface area (TPSA) is 75.7 Å². The van der Waals surface area contributed by atoms with Crippen LogP contribution in [0, 0.1) is 6.92 Å². The quantitative estimate of drug-likeness (QED) is 0.801. The second-order valence-electron chi connectivity index (χ2n) is 7.01. The molecule has 1 unspecified atom stereocenters. The molecule has 1 aliphatic rings. The van der Waals surface area contributed by atoms with Gasteiger partial charge in [-0.25, -0.2) is 8.42 Å². The maximum Gasteiger partial charge on any atom is 0.243 e. The lowest BCUT2D eigenvalue weighted by Gasteiger charge is -2.34. The van der Waals surface area contributed by atoms with Crippen molar-refractivity contribution in [1.29, 1.82) is 0 Å². The van der Waals surface area contributed by atoms with Gasteiger partial charge in [-0.05, 0) is 55.7 Å². The monoisotopic (exact) mass is 402 g/mol. The van der Waals surface area contributed by atoms with Gasteiger partial charge in [0.05, 0.1) is 12.0 Å². The molecule has 0 spiro atoms. The van der Waals surface area contributed by atoms with Crippen molar-refractivity contribution in [2.24, 2.45) is 0 Å². The zero-order chi connectivity index (χ0) is 20.1. The molecule has 0 saturated carbocycles. The molecule has 1 atom stereocenters. The van der Waals surface area contributed by atoms with Gasteiger partial charge in [-0.2, -0.15) is 4.31 Å². The van der Waals surface area contributed by atoms with Gasteiger partial charge in [0.1, 0.15) is 5.75 Å². The van der Waals surface area contributed by atoms with Crippen LogP contribution in [0.5, 0.6) is 5.75 Å². The molecule has 3 rings (SSSR count). The molecule has 0 radical (unpaired) electrons. The highest BCUT2D eigenvalue weighted by atomic mass is 32.2. The van der Waals surface area contributed by atoms with Crippen molar-refractivity contribution in [3.05, 3.63) is 54.1 Å². The number of hydrogen-bond donors (Lipinski definition) is 1. The molecule has 1 fully saturated rings. The number of nitrogens with one attached hydrogen (secondary N) is 1. The number of amides is 1. The first kappa shape index (κ1) is 20.4. The fourth-order valence-electron chi connectivity index (χ4n) is 3.51. The van der Waals surface area contributed by atoms with E-state index >= 15 is 0 Å². The molecule has 1 N–H and O–H groups in total. The third-order valence-corrected chi connectivity index (χ3v) is 7.05. The summed E-state index contributed by atoms with van der Waals surface area (Å²) in [5, 5.41) is 2.91. The van der Waals surface area contributed by atoms with Gasteiger partial charge >= 0.3 is 0 Å². The molecule has 1 saturated heterocycles. The Labute approximate surface area is 166 Å². The van der Waals surface area contributed by atoms with Crippen molar-refractivity contribution >= 4 is 21.6 Å². The highest BCUT2D eigenvalue weighted by Crippen LogP contribution is 2.28. The first-order valence-corrected chi connectivity index (χ1v) is 10.9. The first-order valence-electron chi connectivity index (χ1n) is 9.43. The number of hydrogen-bond acceptors (Lipinski definition) is 4. The Hall–Kier alpha value is -2.38. The minimum absolute atomic E-state index is 0.143. The summed E-state index contributed by atoms with van der Waals surface area (Å²) in [6.07, 6.45) is 2.53. The van der Waals surface area contributed by atoms with Gasteiger partial charge in [0.25, 0.3) is 0 Å². The highest BCUT2D eigenvalue weighted by Gasteiger charge is 2.34. The van der Waals surface area contributed by atoms with E-state index in [0.29, 0.717) is 18.7 Å². The minimum Gasteiger partial charge on any atom is -0.497 e. The van der Waals surface area contributed by atoms with Crippen LogP contribution in [0.4, 0.5) is 5.69 Å². The van der Waals surface area contributed by atoms with Gasteiger partial charge < -0.3 is 10.1 Å². The molecule has 1 aliphatic heterocycles. The highest BCUT2D eigenvalue weighted by molar-refractivity contribution is 7.89. The van der Waals surface area contributed by atoms with Crippen molar-refractivity contribution in [2.45, 2.75) is 43.5 Å². The Bertz CT molecular complexity index is 926. The number of carbonyl (C=O) groups excluding carboxylic acids is 1. The average Bonchev–Trinajstić information content (AvgIpc) is 2.70. The van der Waals surface area contributed by atoms with Crippen molar-refractivity contribution in [3.8, 4) is 5.75 Å². The number of para-hydroxylation sites is 1. The third-order valence-electron chi connectivity index (χ3n) is 5.08. The van der Waals surface area contributed by atoms with Gasteiger partial charge in [0.2, 0.25) is 15.9 Å². The van der Waals surface area contributed by atoms with Gasteiger partial charge in [-0.15, -0.1) is 0 Å². The van der Waals surface area contributed by atoms with Crippen molar-refractivity contribution < 1.29 is 17.9 Å². The predicted octanol–water partition coefficient (Wildman–Crippen LogP) is 3.58. The summed E-state index contributed by atoms with van der Waals surface area (Å²) in [5.41, 5.74) is 1.73. The van der Waals surface area contributed by atoms with Crippen LogP contribution >= 0.6 is 0 Å². The van der Waals surface area contributed by atoms with E-state index < -0.39 is 10.0 Å². The fraction of sp³-hybridized carbons (Fsp3) is 0.381. The largest absolute Gasteiger partial charge is 0.497 e. The molecule has 0 aliphatic carbocycles. The molecule has 2 aromatic rings.